The van der Waals surface area contributed by atoms with E-state index in [0.29, 0.717) is 11.5 Å². The molecule has 1 aromatic carbocycles. The highest BCUT2D eigenvalue weighted by molar-refractivity contribution is 5.95. The van der Waals surface area contributed by atoms with E-state index >= 15 is 0 Å². The van der Waals surface area contributed by atoms with Gasteiger partial charge in [0, 0.05) is 43.1 Å². The molecule has 0 fully saturated rings. The fourth-order valence-corrected chi connectivity index (χ4v) is 3.10. The van der Waals surface area contributed by atoms with E-state index in [-0.39, 0.29) is 0 Å². The molecule has 0 spiro atoms. The van der Waals surface area contributed by atoms with Crippen LogP contribution in [0.3, 0.4) is 0 Å². The Bertz CT molecular complexity index is 1120. The summed E-state index contributed by atoms with van der Waals surface area (Å²) in [6.07, 6.45) is 0.908. The minimum Gasteiger partial charge on any atom is -0.343 e. The van der Waals surface area contributed by atoms with Crippen molar-refractivity contribution < 1.29 is 13.2 Å². The van der Waals surface area contributed by atoms with Gasteiger partial charge in [-0.15, -0.1) is 0 Å². The van der Waals surface area contributed by atoms with Gasteiger partial charge in [0.2, 0.25) is 0 Å². The maximum absolute atomic E-state index is 13.0. The van der Waals surface area contributed by atoms with Crippen molar-refractivity contribution in [1.82, 2.24) is 19.3 Å². The third-order valence-corrected chi connectivity index (χ3v) is 4.42. The van der Waals surface area contributed by atoms with Gasteiger partial charge in [-0.3, -0.25) is 4.68 Å². The van der Waals surface area contributed by atoms with Gasteiger partial charge in [-0.1, -0.05) is 6.07 Å². The van der Waals surface area contributed by atoms with Gasteiger partial charge in [-0.25, -0.2) is 4.98 Å². The second-order valence-electron chi connectivity index (χ2n) is 6.29. The topological polar surface area (TPSA) is 47.7 Å². The second-order valence-corrected chi connectivity index (χ2v) is 6.29. The Kier molecular flexibility index (Phi) is 3.91. The summed E-state index contributed by atoms with van der Waals surface area (Å²) in [5.74, 6) is 0.498. The van der Waals surface area contributed by atoms with Crippen molar-refractivity contribution in [2.75, 3.05) is 5.32 Å². The predicted octanol–water partition coefficient (Wildman–Crippen LogP) is 4.74. The number of aromatic nitrogens is 4. The van der Waals surface area contributed by atoms with Crippen LogP contribution in [0.15, 0.2) is 55.0 Å². The average molecular weight is 371 g/mol. The van der Waals surface area contributed by atoms with E-state index in [9.17, 15) is 13.2 Å². The molecule has 3 heterocycles. The number of rotatable bonds is 3. The van der Waals surface area contributed by atoms with Gasteiger partial charge in [-0.05, 0) is 30.3 Å². The standard InChI is InChI=1S/C19H16F3N5/c1-26-11-12(10-24-26)17-9-15-16(27(17)2)6-7-23-18(15)25-14-5-3-4-13(8-14)19(20,21)22/h3-11H,1-2H3,(H,23,25). The summed E-state index contributed by atoms with van der Waals surface area (Å²) >= 11 is 0. The monoisotopic (exact) mass is 371 g/mol. The predicted molar refractivity (Wildman–Crippen MR) is 97.6 cm³/mol. The van der Waals surface area contributed by atoms with E-state index in [1.165, 1.54) is 6.07 Å². The molecule has 0 amide bonds. The van der Waals surface area contributed by atoms with Crippen molar-refractivity contribution >= 4 is 22.4 Å². The maximum atomic E-state index is 13.0. The van der Waals surface area contributed by atoms with Crippen LogP contribution < -0.4 is 5.32 Å². The third-order valence-electron chi connectivity index (χ3n) is 4.42. The Balaban J connectivity index is 1.77. The first-order valence-electron chi connectivity index (χ1n) is 8.20. The number of alkyl halides is 3. The number of anilines is 2. The lowest BCUT2D eigenvalue weighted by molar-refractivity contribution is -0.137. The highest BCUT2D eigenvalue weighted by Gasteiger charge is 2.30. The molecule has 1 N–H and O–H groups in total. The van der Waals surface area contributed by atoms with Crippen molar-refractivity contribution in [3.05, 3.63) is 60.6 Å². The average Bonchev–Trinajstić information content (AvgIpc) is 3.19. The minimum atomic E-state index is -4.39. The first-order valence-corrected chi connectivity index (χ1v) is 8.20. The molecule has 0 aliphatic carbocycles. The van der Waals surface area contributed by atoms with E-state index in [0.717, 1.165) is 34.3 Å². The number of hydrogen-bond acceptors (Lipinski definition) is 3. The van der Waals surface area contributed by atoms with Gasteiger partial charge in [0.05, 0.1) is 23.0 Å². The van der Waals surface area contributed by atoms with E-state index in [4.69, 9.17) is 0 Å². The molecule has 4 rings (SSSR count). The highest BCUT2D eigenvalue weighted by atomic mass is 19.4. The van der Waals surface area contributed by atoms with Crippen LogP contribution in [-0.2, 0) is 20.3 Å². The molecule has 5 nitrogen and oxygen atoms in total. The van der Waals surface area contributed by atoms with Gasteiger partial charge < -0.3 is 9.88 Å². The summed E-state index contributed by atoms with van der Waals surface area (Å²) < 4.78 is 42.6. The summed E-state index contributed by atoms with van der Waals surface area (Å²) in [7, 11) is 3.77. The maximum Gasteiger partial charge on any atom is 0.416 e. The second kappa shape index (κ2) is 6.15. The normalized spacial score (nSPS) is 11.9. The molecular formula is C19H16F3N5. The molecule has 8 heteroatoms. The molecule has 138 valence electrons. The van der Waals surface area contributed by atoms with Gasteiger partial charge in [0.25, 0.3) is 0 Å². The number of nitrogens with zero attached hydrogens (tertiary/aromatic N) is 4. The van der Waals surface area contributed by atoms with Gasteiger partial charge >= 0.3 is 6.18 Å². The molecule has 0 atom stereocenters. The summed E-state index contributed by atoms with van der Waals surface area (Å²) in [4.78, 5) is 4.32. The van der Waals surface area contributed by atoms with E-state index in [1.807, 2.05) is 37.0 Å². The first-order chi connectivity index (χ1) is 12.8. The summed E-state index contributed by atoms with van der Waals surface area (Å²) in [5.41, 5.74) is 2.43. The van der Waals surface area contributed by atoms with Crippen LogP contribution in [-0.4, -0.2) is 19.3 Å². The molecule has 4 aromatic rings. The van der Waals surface area contributed by atoms with E-state index in [1.54, 1.807) is 23.1 Å². The summed E-state index contributed by atoms with van der Waals surface area (Å²) in [5, 5.41) is 8.02. The number of nitrogens with one attached hydrogen (secondary N) is 1. The van der Waals surface area contributed by atoms with Crippen LogP contribution in [0.1, 0.15) is 5.56 Å². The Morgan fingerprint density at radius 3 is 2.59 bits per heavy atom. The quantitative estimate of drug-likeness (QED) is 0.566. The molecule has 0 bridgehead atoms. The SMILES string of the molecule is Cn1cc(-c2cc3c(Nc4cccc(C(F)(F)F)c4)nccc3n2C)cn1. The van der Waals surface area contributed by atoms with E-state index < -0.39 is 11.7 Å². The van der Waals surface area contributed by atoms with Gasteiger partial charge in [0.1, 0.15) is 5.82 Å². The van der Waals surface area contributed by atoms with Crippen LogP contribution >= 0.6 is 0 Å². The highest BCUT2D eigenvalue weighted by Crippen LogP contribution is 2.34. The molecule has 0 radical (unpaired) electrons. The minimum absolute atomic E-state index is 0.330. The zero-order valence-corrected chi connectivity index (χ0v) is 14.6. The van der Waals surface area contributed by atoms with Crippen LogP contribution in [0.25, 0.3) is 22.2 Å². The molecule has 0 saturated carbocycles. The number of aryl methyl sites for hydroxylation is 2. The fourth-order valence-electron chi connectivity index (χ4n) is 3.10. The van der Waals surface area contributed by atoms with Crippen molar-refractivity contribution in [3.8, 4) is 11.3 Å². The zero-order valence-electron chi connectivity index (χ0n) is 14.6. The van der Waals surface area contributed by atoms with Crippen LogP contribution in [0.2, 0.25) is 0 Å². The number of fused-ring (bicyclic) bond motifs is 1. The van der Waals surface area contributed by atoms with Crippen LogP contribution in [0.4, 0.5) is 24.7 Å². The lowest BCUT2D eigenvalue weighted by Crippen LogP contribution is -2.05. The fraction of sp³-hybridized carbons (Fsp3) is 0.158. The largest absolute Gasteiger partial charge is 0.416 e. The molecule has 0 unspecified atom stereocenters. The molecule has 0 aliphatic rings. The zero-order chi connectivity index (χ0) is 19.2. The Labute approximate surface area is 153 Å². The van der Waals surface area contributed by atoms with Crippen LogP contribution in [0.5, 0.6) is 0 Å². The third kappa shape index (κ3) is 3.14. The van der Waals surface area contributed by atoms with Crippen molar-refractivity contribution in [1.29, 1.82) is 0 Å². The lowest BCUT2D eigenvalue weighted by Gasteiger charge is -2.11. The molecular weight excluding hydrogens is 355 g/mol. The Morgan fingerprint density at radius 2 is 1.89 bits per heavy atom. The number of halogens is 3. The van der Waals surface area contributed by atoms with Gasteiger partial charge in [-0.2, -0.15) is 18.3 Å². The van der Waals surface area contributed by atoms with Crippen molar-refractivity contribution in [3.63, 3.8) is 0 Å². The number of pyridine rings is 1. The molecule has 0 saturated heterocycles. The summed E-state index contributed by atoms with van der Waals surface area (Å²) in [6.45, 7) is 0. The number of hydrogen-bond donors (Lipinski definition) is 1. The summed E-state index contributed by atoms with van der Waals surface area (Å²) in [6, 6.07) is 8.90. The number of benzene rings is 1. The smallest absolute Gasteiger partial charge is 0.343 e. The van der Waals surface area contributed by atoms with E-state index in [2.05, 4.69) is 15.4 Å². The molecule has 0 aliphatic heterocycles. The lowest BCUT2D eigenvalue weighted by atomic mass is 10.2. The van der Waals surface area contributed by atoms with Gasteiger partial charge in [0.15, 0.2) is 0 Å². The molecule has 3 aromatic heterocycles. The Hall–Kier alpha value is -3.29. The van der Waals surface area contributed by atoms with Crippen LogP contribution in [0, 0.1) is 0 Å². The first kappa shape index (κ1) is 17.1. The van der Waals surface area contributed by atoms with Crippen molar-refractivity contribution in [2.45, 2.75) is 6.18 Å². The van der Waals surface area contributed by atoms with Crippen molar-refractivity contribution in [2.24, 2.45) is 14.1 Å². The Morgan fingerprint density at radius 1 is 1.07 bits per heavy atom. The molecule has 27 heavy (non-hydrogen) atoms.